The van der Waals surface area contributed by atoms with E-state index in [0.29, 0.717) is 18.7 Å². The summed E-state index contributed by atoms with van der Waals surface area (Å²) in [6.07, 6.45) is 2.62. The fraction of sp³-hybridized carbons (Fsp3) is 0.227. The molecule has 28 heavy (non-hydrogen) atoms. The largest absolute Gasteiger partial charge is 0.356 e. The molecule has 6 nitrogen and oxygen atoms in total. The fourth-order valence-electron chi connectivity index (χ4n) is 3.05. The highest BCUT2D eigenvalue weighted by Crippen LogP contribution is 2.15. The van der Waals surface area contributed by atoms with Gasteiger partial charge in [-0.1, -0.05) is 30.3 Å². The Morgan fingerprint density at radius 1 is 1.07 bits per heavy atom. The third-order valence-electron chi connectivity index (χ3n) is 4.53. The van der Waals surface area contributed by atoms with Crippen molar-refractivity contribution in [3.05, 3.63) is 77.5 Å². The van der Waals surface area contributed by atoms with Crippen molar-refractivity contribution in [1.29, 1.82) is 0 Å². The number of carbonyl (C=O) groups is 1. The predicted octanol–water partition coefficient (Wildman–Crippen LogP) is 2.50. The van der Waals surface area contributed by atoms with Crippen LogP contribution in [-0.4, -0.2) is 37.5 Å². The van der Waals surface area contributed by atoms with Crippen LogP contribution in [0.1, 0.15) is 21.5 Å². The van der Waals surface area contributed by atoms with Crippen molar-refractivity contribution in [3.63, 3.8) is 0 Å². The van der Waals surface area contributed by atoms with Crippen molar-refractivity contribution in [2.24, 2.45) is 4.99 Å². The lowest BCUT2D eigenvalue weighted by Crippen LogP contribution is -2.37. The van der Waals surface area contributed by atoms with Crippen LogP contribution in [0.15, 0.2) is 65.8 Å². The van der Waals surface area contributed by atoms with Crippen molar-refractivity contribution in [2.75, 3.05) is 20.6 Å². The van der Waals surface area contributed by atoms with Gasteiger partial charge in [0.1, 0.15) is 0 Å². The van der Waals surface area contributed by atoms with Crippen LogP contribution < -0.4 is 16.0 Å². The van der Waals surface area contributed by atoms with Gasteiger partial charge in [-0.2, -0.15) is 0 Å². The normalized spacial score (nSPS) is 11.3. The van der Waals surface area contributed by atoms with Crippen molar-refractivity contribution in [1.82, 2.24) is 20.9 Å². The molecular weight excluding hydrogens is 350 g/mol. The summed E-state index contributed by atoms with van der Waals surface area (Å²) in [5, 5.41) is 10.5. The summed E-state index contributed by atoms with van der Waals surface area (Å²) >= 11 is 0. The van der Waals surface area contributed by atoms with E-state index in [9.17, 15) is 4.79 Å². The number of amides is 1. The number of guanidine groups is 1. The molecule has 0 radical (unpaired) electrons. The first-order valence-electron chi connectivity index (χ1n) is 9.29. The van der Waals surface area contributed by atoms with Crippen LogP contribution in [0.25, 0.3) is 10.9 Å². The lowest BCUT2D eigenvalue weighted by atomic mass is 10.1. The van der Waals surface area contributed by atoms with Gasteiger partial charge in [0.25, 0.3) is 5.91 Å². The molecule has 0 aliphatic carbocycles. The zero-order chi connectivity index (χ0) is 19.8. The van der Waals surface area contributed by atoms with E-state index in [2.05, 4.69) is 32.0 Å². The average Bonchev–Trinajstić information content (AvgIpc) is 2.75. The highest BCUT2D eigenvalue weighted by Gasteiger charge is 2.05. The number of hydrogen-bond donors (Lipinski definition) is 3. The fourth-order valence-corrected chi connectivity index (χ4v) is 3.05. The zero-order valence-electron chi connectivity index (χ0n) is 16.2. The first-order chi connectivity index (χ1) is 13.7. The first kappa shape index (κ1) is 19.4. The molecule has 144 valence electrons. The van der Waals surface area contributed by atoms with E-state index in [4.69, 9.17) is 0 Å². The minimum Gasteiger partial charge on any atom is -0.356 e. The number of hydrogen-bond acceptors (Lipinski definition) is 3. The van der Waals surface area contributed by atoms with Crippen molar-refractivity contribution < 1.29 is 4.79 Å². The first-order valence-corrected chi connectivity index (χ1v) is 9.29. The van der Waals surface area contributed by atoms with Gasteiger partial charge in [0.15, 0.2) is 5.96 Å². The number of rotatable bonds is 6. The molecule has 0 bridgehead atoms. The Hall–Kier alpha value is -3.41. The Labute approximate surface area is 165 Å². The monoisotopic (exact) mass is 375 g/mol. The van der Waals surface area contributed by atoms with Crippen LogP contribution in [0.2, 0.25) is 0 Å². The van der Waals surface area contributed by atoms with E-state index < -0.39 is 0 Å². The molecule has 0 spiro atoms. The Morgan fingerprint density at radius 3 is 2.75 bits per heavy atom. The number of nitrogens with one attached hydrogen (secondary N) is 3. The molecule has 0 fully saturated rings. The quantitative estimate of drug-likeness (QED) is 0.457. The maximum atomic E-state index is 11.7. The van der Waals surface area contributed by atoms with E-state index >= 15 is 0 Å². The van der Waals surface area contributed by atoms with Crippen molar-refractivity contribution in [3.8, 4) is 0 Å². The molecule has 1 heterocycles. The number of pyridine rings is 1. The Morgan fingerprint density at radius 2 is 1.93 bits per heavy atom. The molecule has 1 aromatic heterocycles. The number of nitrogens with zero attached hydrogens (tertiary/aromatic N) is 2. The number of benzene rings is 2. The van der Waals surface area contributed by atoms with Gasteiger partial charge >= 0.3 is 0 Å². The molecule has 3 aromatic rings. The van der Waals surface area contributed by atoms with Gasteiger partial charge in [0.05, 0.1) is 5.52 Å². The lowest BCUT2D eigenvalue weighted by Gasteiger charge is -2.13. The standard InChI is InChI=1S/C22H25N5O/c1-23-21(28)17-7-5-6-16(14-17)10-12-26-22(24-2)27-15-18-11-13-25-20-9-4-3-8-19(18)20/h3-9,11,13-14H,10,12,15H2,1-2H3,(H,23,28)(H2,24,26,27). The summed E-state index contributed by atoms with van der Waals surface area (Å²) in [5.74, 6) is 0.667. The predicted molar refractivity (Wildman–Crippen MR) is 113 cm³/mol. The second kappa shape index (κ2) is 9.50. The Kier molecular flexibility index (Phi) is 6.57. The highest BCUT2D eigenvalue weighted by atomic mass is 16.1. The minimum absolute atomic E-state index is 0.0723. The molecule has 0 aliphatic heterocycles. The number of para-hydroxylation sites is 1. The van der Waals surface area contributed by atoms with E-state index in [1.807, 2.05) is 54.7 Å². The van der Waals surface area contributed by atoms with Gasteiger partial charge in [-0.3, -0.25) is 14.8 Å². The summed E-state index contributed by atoms with van der Waals surface area (Å²) in [6, 6.07) is 17.8. The molecule has 2 aromatic carbocycles. The third kappa shape index (κ3) is 4.85. The van der Waals surface area contributed by atoms with Crippen LogP contribution in [0, 0.1) is 0 Å². The van der Waals surface area contributed by atoms with Crippen LogP contribution >= 0.6 is 0 Å². The SMILES string of the molecule is CN=C(NCCc1cccc(C(=O)NC)c1)NCc1ccnc2ccccc12. The summed E-state index contributed by atoms with van der Waals surface area (Å²) in [5.41, 5.74) is 3.93. The van der Waals surface area contributed by atoms with Crippen LogP contribution in [0.3, 0.4) is 0 Å². The molecule has 6 heteroatoms. The number of aliphatic imine (C=N–C) groups is 1. The molecule has 3 N–H and O–H groups in total. The number of fused-ring (bicyclic) bond motifs is 1. The summed E-state index contributed by atoms with van der Waals surface area (Å²) in [7, 11) is 3.39. The third-order valence-corrected chi connectivity index (χ3v) is 4.53. The minimum atomic E-state index is -0.0723. The maximum Gasteiger partial charge on any atom is 0.251 e. The zero-order valence-corrected chi connectivity index (χ0v) is 16.2. The molecule has 0 aliphatic rings. The van der Waals surface area contributed by atoms with Gasteiger partial charge in [-0.25, -0.2) is 0 Å². The van der Waals surface area contributed by atoms with Crippen LogP contribution in [-0.2, 0) is 13.0 Å². The van der Waals surface area contributed by atoms with E-state index in [1.54, 1.807) is 14.1 Å². The Balaban J connectivity index is 1.55. The lowest BCUT2D eigenvalue weighted by molar-refractivity contribution is 0.0963. The van der Waals surface area contributed by atoms with E-state index in [1.165, 1.54) is 5.56 Å². The van der Waals surface area contributed by atoms with Gasteiger partial charge < -0.3 is 16.0 Å². The number of carbonyl (C=O) groups excluding carboxylic acids is 1. The summed E-state index contributed by atoms with van der Waals surface area (Å²) in [6.45, 7) is 1.38. The van der Waals surface area contributed by atoms with Gasteiger partial charge in [0.2, 0.25) is 0 Å². The molecule has 3 rings (SSSR count). The second-order valence-electron chi connectivity index (χ2n) is 6.37. The summed E-state index contributed by atoms with van der Waals surface area (Å²) < 4.78 is 0. The molecule has 0 atom stereocenters. The maximum absolute atomic E-state index is 11.7. The van der Waals surface area contributed by atoms with Gasteiger partial charge in [0, 0.05) is 44.3 Å². The molecular formula is C22H25N5O. The smallest absolute Gasteiger partial charge is 0.251 e. The molecule has 0 saturated carbocycles. The molecule has 1 amide bonds. The molecule has 0 unspecified atom stereocenters. The van der Waals surface area contributed by atoms with Crippen LogP contribution in [0.5, 0.6) is 0 Å². The Bertz CT molecular complexity index is 978. The van der Waals surface area contributed by atoms with E-state index in [-0.39, 0.29) is 5.91 Å². The van der Waals surface area contributed by atoms with Crippen molar-refractivity contribution in [2.45, 2.75) is 13.0 Å². The highest BCUT2D eigenvalue weighted by molar-refractivity contribution is 5.94. The van der Waals surface area contributed by atoms with Gasteiger partial charge in [-0.05, 0) is 41.8 Å². The second-order valence-corrected chi connectivity index (χ2v) is 6.37. The van der Waals surface area contributed by atoms with Gasteiger partial charge in [-0.15, -0.1) is 0 Å². The molecule has 0 saturated heterocycles. The topological polar surface area (TPSA) is 78.4 Å². The van der Waals surface area contributed by atoms with Crippen molar-refractivity contribution >= 4 is 22.8 Å². The number of aromatic nitrogens is 1. The summed E-state index contributed by atoms with van der Waals surface area (Å²) in [4.78, 5) is 20.4. The van der Waals surface area contributed by atoms with E-state index in [0.717, 1.165) is 28.8 Å². The average molecular weight is 375 g/mol. The van der Waals surface area contributed by atoms with Crippen LogP contribution in [0.4, 0.5) is 0 Å².